The van der Waals surface area contributed by atoms with E-state index in [9.17, 15) is 23.8 Å². The van der Waals surface area contributed by atoms with Crippen LogP contribution in [0.25, 0.3) is 0 Å². The molecule has 0 saturated heterocycles. The molecule has 0 rings (SSSR count). The summed E-state index contributed by atoms with van der Waals surface area (Å²) in [5.74, 6) is -2.44. The van der Waals surface area contributed by atoms with E-state index >= 15 is 0 Å². The number of hydrogen-bond donors (Lipinski definition) is 2. The van der Waals surface area contributed by atoms with Gasteiger partial charge in [0.1, 0.15) is 12.6 Å². The minimum Gasteiger partial charge on any atom is -0.756 e. The van der Waals surface area contributed by atoms with Crippen molar-refractivity contribution in [3.8, 4) is 0 Å². The molecule has 0 aliphatic rings. The number of nitrogens with two attached hydrogens (primary N) is 1. The van der Waals surface area contributed by atoms with Gasteiger partial charge < -0.3 is 34.3 Å². The molecule has 13 heteroatoms. The first-order valence-electron chi connectivity index (χ1n) is 20.7. The fraction of sp³-hybridized carbons (Fsp3) is 0.875. The van der Waals surface area contributed by atoms with Gasteiger partial charge in [0.05, 0.1) is 13.2 Å². The van der Waals surface area contributed by atoms with Gasteiger partial charge in [-0.3, -0.25) is 18.9 Å². The Balaban J connectivity index is 0. The normalized spacial score (nSPS) is 13.7. The van der Waals surface area contributed by atoms with E-state index in [2.05, 4.69) is 30.5 Å². The average Bonchev–Trinajstić information content (AvgIpc) is 3.12. The van der Waals surface area contributed by atoms with E-state index < -0.39 is 51.1 Å². The van der Waals surface area contributed by atoms with Crippen LogP contribution in [0.15, 0.2) is 12.2 Å². The first-order chi connectivity index (χ1) is 25.1. The summed E-state index contributed by atoms with van der Waals surface area (Å²) in [4.78, 5) is 48.0. The van der Waals surface area contributed by atoms with E-state index in [1.54, 1.807) is 0 Å². The number of carboxylic acids is 1. The number of carbonyl (C=O) groups is 3. The molecule has 0 aliphatic heterocycles. The molecular weight excluding hydrogens is 708 g/mol. The van der Waals surface area contributed by atoms with Crippen LogP contribution in [-0.2, 0) is 37.5 Å². The molecule has 3 N–H and O–H groups in total. The number of carboxylic acid groups (broad SMARTS) is 1. The maximum Gasteiger partial charge on any atom is 1.00 e. The summed E-state index contributed by atoms with van der Waals surface area (Å²) in [6.45, 7) is 2.63. The van der Waals surface area contributed by atoms with Crippen molar-refractivity contribution < 1.29 is 77.0 Å². The van der Waals surface area contributed by atoms with Gasteiger partial charge in [-0.15, -0.1) is 0 Å². The van der Waals surface area contributed by atoms with Crippen LogP contribution < -0.4 is 40.2 Å². The predicted molar refractivity (Wildman–Crippen MR) is 206 cm³/mol. The molecule has 0 spiro atoms. The maximum absolute atomic E-state index is 12.6. The number of hydrogen-bond acceptors (Lipinski definition) is 10. The quantitative estimate of drug-likeness (QED) is 0.0219. The maximum atomic E-state index is 12.6. The number of phosphoric acid groups is 1. The first kappa shape index (κ1) is 54.3. The van der Waals surface area contributed by atoms with E-state index in [4.69, 9.17) is 24.8 Å². The molecule has 0 aromatic rings. The molecule has 0 radical (unpaired) electrons. The third-order valence-corrected chi connectivity index (χ3v) is 9.93. The van der Waals surface area contributed by atoms with Crippen molar-refractivity contribution in [2.45, 2.75) is 206 Å². The van der Waals surface area contributed by atoms with Gasteiger partial charge in [-0.1, -0.05) is 154 Å². The molecule has 0 bridgehead atoms. The summed E-state index contributed by atoms with van der Waals surface area (Å²) in [7, 11) is -4.96. The molecule has 306 valence electrons. The summed E-state index contributed by atoms with van der Waals surface area (Å²) >= 11 is 0. The fourth-order valence-electron chi connectivity index (χ4n) is 5.70. The summed E-state index contributed by atoms with van der Waals surface area (Å²) < 4.78 is 32.2. The van der Waals surface area contributed by atoms with Crippen molar-refractivity contribution in [1.82, 2.24) is 0 Å². The van der Waals surface area contributed by atoms with Gasteiger partial charge in [0.25, 0.3) is 7.82 Å². The minimum atomic E-state index is -4.96. The van der Waals surface area contributed by atoms with E-state index in [0.717, 1.165) is 57.8 Å². The molecule has 0 aliphatic carbocycles. The van der Waals surface area contributed by atoms with E-state index in [0.29, 0.717) is 12.8 Å². The second kappa shape index (κ2) is 39.5. The van der Waals surface area contributed by atoms with Gasteiger partial charge in [0.2, 0.25) is 0 Å². The van der Waals surface area contributed by atoms with E-state index in [1.807, 2.05) is 0 Å². The number of phosphoric ester groups is 1. The van der Waals surface area contributed by atoms with Gasteiger partial charge in [-0.25, -0.2) is 0 Å². The Hall–Kier alpha value is -0.780. The number of esters is 2. The largest absolute Gasteiger partial charge is 1.00 e. The number of aliphatic carboxylic acids is 1. The number of ether oxygens (including phenoxy) is 2. The summed E-state index contributed by atoms with van der Waals surface area (Å²) in [5, 5.41) is 8.85. The van der Waals surface area contributed by atoms with Crippen molar-refractivity contribution >= 4 is 25.7 Å². The molecule has 3 atom stereocenters. The molecule has 1 unspecified atom stereocenters. The van der Waals surface area contributed by atoms with E-state index in [-0.39, 0.29) is 49.0 Å². The Bertz CT molecular complexity index is 954. The Labute approximate surface area is 344 Å². The van der Waals surface area contributed by atoms with Crippen molar-refractivity contribution in [1.29, 1.82) is 0 Å². The Morgan fingerprint density at radius 3 is 1.42 bits per heavy atom. The van der Waals surface area contributed by atoms with Crippen molar-refractivity contribution in [3.63, 3.8) is 0 Å². The van der Waals surface area contributed by atoms with Crippen LogP contribution in [0.1, 0.15) is 194 Å². The Kier molecular flexibility index (Phi) is 40.4. The molecule has 0 fully saturated rings. The molecule has 0 saturated carbocycles. The van der Waals surface area contributed by atoms with Crippen LogP contribution in [0.3, 0.4) is 0 Å². The van der Waals surface area contributed by atoms with Crippen molar-refractivity contribution in [2.75, 3.05) is 19.8 Å². The minimum absolute atomic E-state index is 0. The first-order valence-corrected chi connectivity index (χ1v) is 22.2. The second-order valence-electron chi connectivity index (χ2n) is 14.1. The zero-order valence-electron chi connectivity index (χ0n) is 33.9. The van der Waals surface area contributed by atoms with Gasteiger partial charge in [0.15, 0.2) is 6.10 Å². The molecule has 0 amide bonds. The average molecular weight is 784 g/mol. The number of allylic oxidation sites excluding steroid dienone is 2. The van der Waals surface area contributed by atoms with Crippen LogP contribution in [0.5, 0.6) is 0 Å². The molecule has 11 nitrogen and oxygen atoms in total. The van der Waals surface area contributed by atoms with Gasteiger partial charge >= 0.3 is 47.5 Å². The van der Waals surface area contributed by atoms with Crippen LogP contribution in [0.2, 0.25) is 0 Å². The van der Waals surface area contributed by atoms with E-state index in [1.165, 1.54) is 96.3 Å². The molecular formula is C40H75NNaO10P. The van der Waals surface area contributed by atoms with Crippen LogP contribution >= 0.6 is 7.82 Å². The standard InChI is InChI=1S/C40H76NO10P.Na/c1-3-5-7-9-11-13-15-17-18-20-21-23-25-27-29-31-38(42)48-33-36(34-49-52(46,47)50-35-37(41)40(44)45)51-39(43)32-30-28-26-24-22-19-16-14-12-10-8-6-4-2;/h17-18,36-37H,3-16,19-35,41H2,1-2H3,(H,44,45)(H,46,47);/q;+1/p-1/b18-17+;/t36-,37+;/m1./s1. The van der Waals surface area contributed by atoms with Crippen LogP contribution in [-0.4, -0.2) is 55.0 Å². The van der Waals surface area contributed by atoms with Gasteiger partial charge in [-0.2, -0.15) is 0 Å². The zero-order chi connectivity index (χ0) is 38.5. The molecule has 0 aromatic carbocycles. The number of rotatable bonds is 39. The molecule has 53 heavy (non-hydrogen) atoms. The Morgan fingerprint density at radius 2 is 0.981 bits per heavy atom. The topological polar surface area (TPSA) is 175 Å². The summed E-state index contributed by atoms with van der Waals surface area (Å²) in [6, 6.07) is -1.56. The SMILES string of the molecule is CCCCCCCC/C=C/CCCCCCCC(=O)OC[C@H](COP(=O)([O-])OC[C@H](N)C(=O)O)OC(=O)CCCCCCCCCCCCCCC.[Na+]. The summed E-state index contributed by atoms with van der Waals surface area (Å²) in [6.07, 6.45) is 34.0. The van der Waals surface area contributed by atoms with Crippen molar-refractivity contribution in [3.05, 3.63) is 12.2 Å². The zero-order valence-corrected chi connectivity index (χ0v) is 36.8. The summed E-state index contributed by atoms with van der Waals surface area (Å²) in [5.41, 5.74) is 5.29. The van der Waals surface area contributed by atoms with Gasteiger partial charge in [0, 0.05) is 12.8 Å². The second-order valence-corrected chi connectivity index (χ2v) is 15.5. The van der Waals surface area contributed by atoms with Crippen LogP contribution in [0.4, 0.5) is 0 Å². The van der Waals surface area contributed by atoms with Crippen molar-refractivity contribution in [2.24, 2.45) is 5.73 Å². The molecule has 0 heterocycles. The Morgan fingerprint density at radius 1 is 0.604 bits per heavy atom. The number of unbranched alkanes of at least 4 members (excludes halogenated alkanes) is 23. The smallest absolute Gasteiger partial charge is 0.756 e. The van der Waals surface area contributed by atoms with Gasteiger partial charge in [-0.05, 0) is 38.5 Å². The molecule has 0 aromatic heterocycles. The monoisotopic (exact) mass is 784 g/mol. The third kappa shape index (κ3) is 39.3. The number of carbonyl (C=O) groups excluding carboxylic acids is 2. The van der Waals surface area contributed by atoms with Crippen LogP contribution in [0, 0.1) is 0 Å². The third-order valence-electron chi connectivity index (χ3n) is 9.00. The fourth-order valence-corrected chi connectivity index (χ4v) is 6.47. The predicted octanol–water partition coefficient (Wildman–Crippen LogP) is 6.88.